The van der Waals surface area contributed by atoms with Crippen LogP contribution in [-0.2, 0) is 30.3 Å². The number of methoxy groups -OCH3 is 2. The first kappa shape index (κ1) is 42.2. The minimum absolute atomic E-state index is 0.0322. The van der Waals surface area contributed by atoms with Gasteiger partial charge in [-0.1, -0.05) is 23.7 Å². The Balaban J connectivity index is 1.28. The molecule has 0 unspecified atom stereocenters. The maximum Gasteiger partial charge on any atom is 0.408 e. The zero-order valence-corrected chi connectivity index (χ0v) is 34.5. The second-order valence-corrected chi connectivity index (χ2v) is 16.2. The summed E-state index contributed by atoms with van der Waals surface area (Å²) in [6, 6.07) is 19.0. The molecule has 0 aromatic heterocycles. The zero-order valence-electron chi connectivity index (χ0n) is 33.7. The number of rotatable bonds is 13. The van der Waals surface area contributed by atoms with Crippen molar-refractivity contribution in [3.05, 3.63) is 82.4 Å². The summed E-state index contributed by atoms with van der Waals surface area (Å²) in [4.78, 5) is 57.3. The van der Waals surface area contributed by atoms with Crippen molar-refractivity contribution in [3.63, 3.8) is 0 Å². The second kappa shape index (κ2) is 18.3. The van der Waals surface area contributed by atoms with Crippen LogP contribution in [0.25, 0.3) is 0 Å². The molecule has 1 aliphatic carbocycles. The van der Waals surface area contributed by atoms with E-state index in [1.807, 2.05) is 79.4 Å². The Bertz CT molecular complexity index is 1850. The molecule has 1 heterocycles. The zero-order chi connectivity index (χ0) is 40.7. The minimum Gasteiger partial charge on any atom is -0.493 e. The maximum atomic E-state index is 14.0. The van der Waals surface area contributed by atoms with Crippen molar-refractivity contribution in [3.8, 4) is 11.5 Å². The van der Waals surface area contributed by atoms with Gasteiger partial charge in [-0.15, -0.1) is 0 Å². The molecule has 56 heavy (non-hydrogen) atoms. The lowest BCUT2D eigenvalue weighted by molar-refractivity contribution is -0.148. The number of nitrogens with one attached hydrogen (secondary N) is 1. The van der Waals surface area contributed by atoms with E-state index in [-0.39, 0.29) is 43.5 Å². The Morgan fingerprint density at radius 2 is 1.61 bits per heavy atom. The van der Waals surface area contributed by atoms with Crippen molar-refractivity contribution < 1.29 is 38.1 Å². The number of hydrogen-bond donors (Lipinski definition) is 1. The third-order valence-corrected chi connectivity index (χ3v) is 10.4. The molecule has 1 saturated carbocycles. The lowest BCUT2D eigenvalue weighted by Gasteiger charge is -2.39. The van der Waals surface area contributed by atoms with Gasteiger partial charge in [-0.05, 0) is 131 Å². The van der Waals surface area contributed by atoms with Gasteiger partial charge in [0.15, 0.2) is 11.5 Å². The molecule has 3 amide bonds. The topological polar surface area (TPSA) is 127 Å². The fraction of sp³-hybridized carbons (Fsp3) is 0.488. The highest BCUT2D eigenvalue weighted by Crippen LogP contribution is 2.44. The first-order valence-corrected chi connectivity index (χ1v) is 19.5. The predicted octanol–water partition coefficient (Wildman–Crippen LogP) is 7.34. The van der Waals surface area contributed by atoms with Gasteiger partial charge in [0.1, 0.15) is 18.7 Å². The number of alkyl carbamates (subject to hydrolysis) is 1. The largest absolute Gasteiger partial charge is 0.493 e. The summed E-state index contributed by atoms with van der Waals surface area (Å²) in [5, 5.41) is 3.12. The summed E-state index contributed by atoms with van der Waals surface area (Å²) >= 11 is 6.30. The average molecular weight is 791 g/mol. The van der Waals surface area contributed by atoms with Gasteiger partial charge in [0.05, 0.1) is 32.8 Å². The van der Waals surface area contributed by atoms with E-state index in [0.717, 1.165) is 47.5 Å². The SMILES string of the molecule is COC(=O)CN(C(=O)CNC(=O)OC(C)(C)C)[C@H]1CC[C@H](CN(C)c2ccc(N3C(=O)Cc4cc(OC)c(OC(C)C)cc4[C@@H]3c3ccc(Cl)cc3)cc2)CC1. The van der Waals surface area contributed by atoms with Crippen molar-refractivity contribution in [2.75, 3.05) is 50.7 Å². The fourth-order valence-electron chi connectivity index (χ4n) is 7.52. The molecular formula is C43H55ClN4O8. The smallest absolute Gasteiger partial charge is 0.408 e. The molecule has 0 radical (unpaired) electrons. The molecule has 2 aliphatic rings. The lowest BCUT2D eigenvalue weighted by Crippen LogP contribution is -2.50. The van der Waals surface area contributed by atoms with E-state index in [1.165, 1.54) is 12.0 Å². The summed E-state index contributed by atoms with van der Waals surface area (Å²) in [5.74, 6) is 0.670. The monoisotopic (exact) mass is 790 g/mol. The summed E-state index contributed by atoms with van der Waals surface area (Å²) in [5.41, 5.74) is 3.86. The van der Waals surface area contributed by atoms with Crippen molar-refractivity contribution in [1.82, 2.24) is 10.2 Å². The van der Waals surface area contributed by atoms with Crippen molar-refractivity contribution in [2.45, 2.75) is 90.5 Å². The van der Waals surface area contributed by atoms with Gasteiger partial charge in [0.25, 0.3) is 0 Å². The lowest BCUT2D eigenvalue weighted by atomic mass is 9.84. The number of carbonyl (C=O) groups is 4. The summed E-state index contributed by atoms with van der Waals surface area (Å²) in [6.07, 6.45) is 2.60. The maximum absolute atomic E-state index is 14.0. The van der Waals surface area contributed by atoms with E-state index in [4.69, 9.17) is 30.5 Å². The Morgan fingerprint density at radius 3 is 2.20 bits per heavy atom. The number of hydrogen-bond acceptors (Lipinski definition) is 9. The van der Waals surface area contributed by atoms with Gasteiger partial charge in [0.2, 0.25) is 11.8 Å². The number of carbonyl (C=O) groups excluding carboxylic acids is 4. The van der Waals surface area contributed by atoms with Gasteiger partial charge in [-0.2, -0.15) is 0 Å². The Kier molecular flexibility index (Phi) is 13.8. The van der Waals surface area contributed by atoms with E-state index in [1.54, 1.807) is 27.9 Å². The van der Waals surface area contributed by atoms with Gasteiger partial charge in [-0.25, -0.2) is 4.79 Å². The first-order chi connectivity index (χ1) is 26.6. The predicted molar refractivity (Wildman–Crippen MR) is 217 cm³/mol. The highest BCUT2D eigenvalue weighted by molar-refractivity contribution is 6.30. The molecule has 1 atom stereocenters. The molecule has 0 spiro atoms. The third-order valence-electron chi connectivity index (χ3n) is 10.1. The van der Waals surface area contributed by atoms with E-state index in [2.05, 4.69) is 17.3 Å². The van der Waals surface area contributed by atoms with Gasteiger partial charge in [0, 0.05) is 36.0 Å². The van der Waals surface area contributed by atoms with E-state index in [9.17, 15) is 19.2 Å². The normalized spacial score (nSPS) is 18.1. The molecule has 1 aliphatic heterocycles. The van der Waals surface area contributed by atoms with Crippen LogP contribution < -0.4 is 24.6 Å². The van der Waals surface area contributed by atoms with E-state index >= 15 is 0 Å². The molecular weight excluding hydrogens is 736 g/mol. The van der Waals surface area contributed by atoms with Crippen LogP contribution in [0.5, 0.6) is 11.5 Å². The molecule has 12 nitrogen and oxygen atoms in total. The number of amides is 3. The Labute approximate surface area is 335 Å². The number of nitrogens with zero attached hydrogens (tertiary/aromatic N) is 3. The number of anilines is 2. The van der Waals surface area contributed by atoms with Gasteiger partial charge < -0.3 is 39.0 Å². The molecule has 1 fully saturated rings. The highest BCUT2D eigenvalue weighted by atomic mass is 35.5. The number of ether oxygens (including phenoxy) is 4. The molecule has 302 valence electrons. The number of benzene rings is 3. The molecule has 3 aromatic rings. The van der Waals surface area contributed by atoms with Crippen molar-refractivity contribution in [2.24, 2.45) is 5.92 Å². The second-order valence-electron chi connectivity index (χ2n) is 15.8. The molecule has 3 aromatic carbocycles. The van der Waals surface area contributed by atoms with E-state index in [0.29, 0.717) is 35.3 Å². The first-order valence-electron chi connectivity index (χ1n) is 19.2. The Morgan fingerprint density at radius 1 is 0.946 bits per heavy atom. The number of halogens is 1. The summed E-state index contributed by atoms with van der Waals surface area (Å²) in [7, 11) is 4.95. The molecule has 1 N–H and O–H groups in total. The van der Waals surface area contributed by atoms with E-state index < -0.39 is 23.7 Å². The molecule has 0 saturated heterocycles. The summed E-state index contributed by atoms with van der Waals surface area (Å²) in [6.45, 7) is 9.51. The highest BCUT2D eigenvalue weighted by Gasteiger charge is 2.37. The van der Waals surface area contributed by atoms with Gasteiger partial charge in [-0.3, -0.25) is 14.4 Å². The van der Waals surface area contributed by atoms with Crippen LogP contribution in [0.4, 0.5) is 16.2 Å². The van der Waals surface area contributed by atoms with Crippen LogP contribution in [0.15, 0.2) is 60.7 Å². The number of esters is 1. The molecule has 5 rings (SSSR count). The Hall–Kier alpha value is -4.97. The minimum atomic E-state index is -0.698. The van der Waals surface area contributed by atoms with Crippen LogP contribution in [0.2, 0.25) is 5.02 Å². The van der Waals surface area contributed by atoms with Crippen molar-refractivity contribution >= 4 is 46.9 Å². The standard InChI is InChI=1S/C43H55ClN4O8/c1-27(2)55-37-23-35-30(21-36(37)53-7)22-38(49)48(41(35)29-11-13-31(44)14-12-29)34-19-17-32(18-20-34)46(6)25-28-9-15-33(16-10-28)47(26-40(51)54-8)39(50)24-45-42(52)56-43(3,4)5/h11-14,17-21,23,27-28,33,41H,9-10,15-16,22,24-26H2,1-8H3,(H,45,52)/t28-,33-,41-/m0/s1. The number of fused-ring (bicyclic) bond motifs is 1. The van der Waals surface area contributed by atoms with Crippen LogP contribution in [-0.4, -0.2) is 87.4 Å². The van der Waals surface area contributed by atoms with Gasteiger partial charge >= 0.3 is 12.1 Å². The van der Waals surface area contributed by atoms with Crippen LogP contribution in [0.3, 0.4) is 0 Å². The summed E-state index contributed by atoms with van der Waals surface area (Å²) < 4.78 is 21.9. The molecule has 13 heteroatoms. The van der Waals surface area contributed by atoms with Crippen molar-refractivity contribution in [1.29, 1.82) is 0 Å². The third kappa shape index (κ3) is 10.7. The fourth-order valence-corrected chi connectivity index (χ4v) is 7.64. The van der Waals surface area contributed by atoms with Crippen LogP contribution in [0, 0.1) is 5.92 Å². The van der Waals surface area contributed by atoms with Crippen LogP contribution in [0.1, 0.15) is 83.0 Å². The molecule has 0 bridgehead atoms. The quantitative estimate of drug-likeness (QED) is 0.177. The van der Waals surface area contributed by atoms with Crippen LogP contribution >= 0.6 is 11.6 Å². The average Bonchev–Trinajstić information content (AvgIpc) is 3.15.